The third-order valence-electron chi connectivity index (χ3n) is 3.64. The SMILES string of the molecule is CCS(=O)(=O)c1ccccc1C(=O)NC(C)c1ccc(Cl)c(Cl)c1. The zero-order chi connectivity index (χ0) is 17.9. The van der Waals surface area contributed by atoms with Crippen LogP contribution in [0.15, 0.2) is 47.4 Å². The van der Waals surface area contributed by atoms with Crippen molar-refractivity contribution in [3.8, 4) is 0 Å². The summed E-state index contributed by atoms with van der Waals surface area (Å²) in [5, 5.41) is 3.61. The number of sulfone groups is 1. The van der Waals surface area contributed by atoms with E-state index in [1.165, 1.54) is 12.1 Å². The quantitative estimate of drug-likeness (QED) is 0.835. The van der Waals surface area contributed by atoms with Crippen molar-refractivity contribution in [3.63, 3.8) is 0 Å². The molecule has 0 aliphatic rings. The molecule has 2 aromatic rings. The van der Waals surface area contributed by atoms with Crippen LogP contribution in [0.2, 0.25) is 10.0 Å². The summed E-state index contributed by atoms with van der Waals surface area (Å²) in [4.78, 5) is 12.6. The highest BCUT2D eigenvalue weighted by Crippen LogP contribution is 2.26. The van der Waals surface area contributed by atoms with Crippen LogP contribution in [0.1, 0.15) is 35.8 Å². The molecule has 128 valence electrons. The van der Waals surface area contributed by atoms with Crippen molar-refractivity contribution in [2.45, 2.75) is 24.8 Å². The summed E-state index contributed by atoms with van der Waals surface area (Å²) in [7, 11) is -3.49. The molecule has 0 aromatic heterocycles. The summed E-state index contributed by atoms with van der Waals surface area (Å²) in [6.45, 7) is 3.33. The van der Waals surface area contributed by atoms with Crippen LogP contribution in [0.25, 0.3) is 0 Å². The minimum absolute atomic E-state index is 0.0336. The van der Waals surface area contributed by atoms with Crippen LogP contribution in [0.5, 0.6) is 0 Å². The van der Waals surface area contributed by atoms with Crippen molar-refractivity contribution >= 4 is 38.9 Å². The van der Waals surface area contributed by atoms with Crippen molar-refractivity contribution in [2.75, 3.05) is 5.75 Å². The standard InChI is InChI=1S/C17H17Cl2NO3S/c1-3-24(22,23)16-7-5-4-6-13(16)17(21)20-11(2)12-8-9-14(18)15(19)10-12/h4-11H,3H2,1-2H3,(H,20,21). The zero-order valence-corrected chi connectivity index (χ0v) is 15.5. The Bertz CT molecular complexity index is 866. The van der Waals surface area contributed by atoms with Gasteiger partial charge in [-0.3, -0.25) is 4.79 Å². The van der Waals surface area contributed by atoms with Crippen LogP contribution < -0.4 is 5.32 Å². The summed E-state index contributed by atoms with van der Waals surface area (Å²) < 4.78 is 24.3. The van der Waals surface area contributed by atoms with Crippen LogP contribution in [0, 0.1) is 0 Å². The minimum Gasteiger partial charge on any atom is -0.345 e. The predicted molar refractivity (Wildman–Crippen MR) is 96.5 cm³/mol. The van der Waals surface area contributed by atoms with E-state index in [4.69, 9.17) is 23.2 Å². The van der Waals surface area contributed by atoms with E-state index in [-0.39, 0.29) is 22.3 Å². The van der Waals surface area contributed by atoms with E-state index in [0.29, 0.717) is 10.0 Å². The van der Waals surface area contributed by atoms with Gasteiger partial charge in [0.05, 0.1) is 32.3 Å². The van der Waals surface area contributed by atoms with Gasteiger partial charge in [-0.2, -0.15) is 0 Å². The number of benzene rings is 2. The maximum Gasteiger partial charge on any atom is 0.253 e. The van der Waals surface area contributed by atoms with Gasteiger partial charge in [-0.25, -0.2) is 8.42 Å². The average molecular weight is 386 g/mol. The molecule has 7 heteroatoms. The van der Waals surface area contributed by atoms with Gasteiger partial charge in [0, 0.05) is 0 Å². The first-order chi connectivity index (χ1) is 11.3. The second-order valence-electron chi connectivity index (χ2n) is 5.27. The van der Waals surface area contributed by atoms with Crippen LogP contribution in [0.3, 0.4) is 0 Å². The summed E-state index contributed by atoms with van der Waals surface area (Å²) in [6.07, 6.45) is 0. The highest BCUT2D eigenvalue weighted by molar-refractivity contribution is 7.91. The van der Waals surface area contributed by atoms with Crippen LogP contribution >= 0.6 is 23.2 Å². The number of hydrogen-bond acceptors (Lipinski definition) is 3. The molecule has 2 aromatic carbocycles. The number of hydrogen-bond donors (Lipinski definition) is 1. The molecule has 0 fully saturated rings. The summed E-state index contributed by atoms with van der Waals surface area (Å²) >= 11 is 11.9. The van der Waals surface area contributed by atoms with Crippen molar-refractivity contribution < 1.29 is 13.2 Å². The first-order valence-corrected chi connectivity index (χ1v) is 9.74. The molecule has 0 radical (unpaired) electrons. The second kappa shape index (κ2) is 7.55. The van der Waals surface area contributed by atoms with Gasteiger partial charge in [0.2, 0.25) is 0 Å². The topological polar surface area (TPSA) is 63.2 Å². The Balaban J connectivity index is 2.29. The molecule has 0 bridgehead atoms. The molecule has 0 heterocycles. The van der Waals surface area contributed by atoms with Crippen molar-refractivity contribution in [1.29, 1.82) is 0 Å². The number of carbonyl (C=O) groups is 1. The van der Waals surface area contributed by atoms with Gasteiger partial charge in [-0.05, 0) is 36.8 Å². The van der Waals surface area contributed by atoms with Crippen molar-refractivity contribution in [3.05, 3.63) is 63.6 Å². The lowest BCUT2D eigenvalue weighted by molar-refractivity contribution is 0.0936. The third kappa shape index (κ3) is 4.09. The molecule has 1 atom stereocenters. The molecule has 0 aliphatic heterocycles. The second-order valence-corrected chi connectivity index (χ2v) is 8.33. The van der Waals surface area contributed by atoms with Crippen LogP contribution in [-0.2, 0) is 9.84 Å². The summed E-state index contributed by atoms with van der Waals surface area (Å²) in [5.74, 6) is -0.527. The molecule has 0 aliphatic carbocycles. The average Bonchev–Trinajstić information content (AvgIpc) is 2.57. The first kappa shape index (κ1) is 18.8. The van der Waals surface area contributed by atoms with E-state index >= 15 is 0 Å². The van der Waals surface area contributed by atoms with Gasteiger partial charge in [0.1, 0.15) is 0 Å². The molecule has 2 rings (SSSR count). The fraction of sp³-hybridized carbons (Fsp3) is 0.235. The Morgan fingerprint density at radius 1 is 1.12 bits per heavy atom. The summed E-state index contributed by atoms with van der Waals surface area (Å²) in [5.41, 5.74) is 0.903. The number of rotatable bonds is 5. The number of halogens is 2. The van der Waals surface area contributed by atoms with Crippen molar-refractivity contribution in [2.24, 2.45) is 0 Å². The highest BCUT2D eigenvalue weighted by Gasteiger charge is 2.21. The van der Waals surface area contributed by atoms with E-state index in [1.54, 1.807) is 44.2 Å². The fourth-order valence-electron chi connectivity index (χ4n) is 2.22. The maximum absolute atomic E-state index is 12.5. The number of amides is 1. The largest absolute Gasteiger partial charge is 0.345 e. The Labute approximate surface area is 151 Å². The lowest BCUT2D eigenvalue weighted by Crippen LogP contribution is -2.28. The summed E-state index contributed by atoms with van der Waals surface area (Å²) in [6, 6.07) is 10.9. The number of nitrogens with one attached hydrogen (secondary N) is 1. The predicted octanol–water partition coefficient (Wildman–Crippen LogP) is 4.28. The zero-order valence-electron chi connectivity index (χ0n) is 13.2. The first-order valence-electron chi connectivity index (χ1n) is 7.34. The van der Waals surface area contributed by atoms with E-state index in [0.717, 1.165) is 5.56 Å². The molecular formula is C17H17Cl2NO3S. The third-order valence-corrected chi connectivity index (χ3v) is 6.16. The monoisotopic (exact) mass is 385 g/mol. The van der Waals surface area contributed by atoms with E-state index in [2.05, 4.69) is 5.32 Å². The Morgan fingerprint density at radius 3 is 2.42 bits per heavy atom. The maximum atomic E-state index is 12.5. The van der Waals surface area contributed by atoms with Gasteiger partial charge in [-0.15, -0.1) is 0 Å². The fourth-order valence-corrected chi connectivity index (χ4v) is 3.62. The molecule has 1 N–H and O–H groups in total. The molecule has 1 unspecified atom stereocenters. The molecule has 0 spiro atoms. The molecule has 0 saturated heterocycles. The molecule has 24 heavy (non-hydrogen) atoms. The van der Waals surface area contributed by atoms with Gasteiger partial charge >= 0.3 is 0 Å². The normalized spacial score (nSPS) is 12.7. The van der Waals surface area contributed by atoms with Gasteiger partial charge < -0.3 is 5.32 Å². The molecule has 4 nitrogen and oxygen atoms in total. The lowest BCUT2D eigenvalue weighted by atomic mass is 10.1. The Morgan fingerprint density at radius 2 is 1.79 bits per heavy atom. The van der Waals surface area contributed by atoms with Crippen LogP contribution in [-0.4, -0.2) is 20.1 Å². The van der Waals surface area contributed by atoms with Crippen LogP contribution in [0.4, 0.5) is 0 Å². The van der Waals surface area contributed by atoms with Crippen molar-refractivity contribution in [1.82, 2.24) is 5.32 Å². The molecular weight excluding hydrogens is 369 g/mol. The highest BCUT2D eigenvalue weighted by atomic mass is 35.5. The molecule has 1 amide bonds. The number of carbonyl (C=O) groups excluding carboxylic acids is 1. The van der Waals surface area contributed by atoms with E-state index in [9.17, 15) is 13.2 Å². The lowest BCUT2D eigenvalue weighted by Gasteiger charge is -2.16. The molecule has 0 saturated carbocycles. The van der Waals surface area contributed by atoms with E-state index in [1.807, 2.05) is 0 Å². The smallest absolute Gasteiger partial charge is 0.253 e. The Hall–Kier alpha value is -1.56. The van der Waals surface area contributed by atoms with Gasteiger partial charge in [0.15, 0.2) is 9.84 Å². The van der Waals surface area contributed by atoms with E-state index < -0.39 is 15.7 Å². The Kier molecular flexibility index (Phi) is 5.91. The van der Waals surface area contributed by atoms with Gasteiger partial charge in [-0.1, -0.05) is 48.3 Å². The van der Waals surface area contributed by atoms with Gasteiger partial charge in [0.25, 0.3) is 5.91 Å². The minimum atomic E-state index is -3.49.